The predicted octanol–water partition coefficient (Wildman–Crippen LogP) is 3.98. The van der Waals surface area contributed by atoms with Crippen molar-refractivity contribution in [3.8, 4) is 5.69 Å². The number of anilines is 1. The fraction of sp³-hybridized carbons (Fsp3) is 0.167. The highest BCUT2D eigenvalue weighted by molar-refractivity contribution is 7.99. The summed E-state index contributed by atoms with van der Waals surface area (Å²) in [5.74, 6) is 0.262. The lowest BCUT2D eigenvalue weighted by atomic mass is 10.2. The highest BCUT2D eigenvalue weighted by atomic mass is 35.5. The summed E-state index contributed by atoms with van der Waals surface area (Å²) in [6.07, 6.45) is 1.61. The van der Waals surface area contributed by atoms with E-state index in [0.717, 1.165) is 16.9 Å². The van der Waals surface area contributed by atoms with Crippen molar-refractivity contribution >= 4 is 35.0 Å². The molecule has 7 heteroatoms. The van der Waals surface area contributed by atoms with Crippen molar-refractivity contribution in [3.05, 3.63) is 65.4 Å². The van der Waals surface area contributed by atoms with Gasteiger partial charge in [0.2, 0.25) is 5.91 Å². The summed E-state index contributed by atoms with van der Waals surface area (Å²) in [6.45, 7) is 2.02. The van der Waals surface area contributed by atoms with Crippen LogP contribution in [0.4, 0.5) is 5.69 Å². The molecule has 0 bridgehead atoms. The summed E-state index contributed by atoms with van der Waals surface area (Å²) in [7, 11) is 1.77. The van der Waals surface area contributed by atoms with E-state index in [4.69, 9.17) is 11.6 Å². The molecule has 1 heterocycles. The van der Waals surface area contributed by atoms with E-state index in [1.165, 1.54) is 11.8 Å². The molecule has 25 heavy (non-hydrogen) atoms. The van der Waals surface area contributed by atoms with Gasteiger partial charge in [-0.25, -0.2) is 0 Å². The zero-order valence-electron chi connectivity index (χ0n) is 13.9. The number of hydrogen-bond acceptors (Lipinski definition) is 4. The van der Waals surface area contributed by atoms with E-state index in [-0.39, 0.29) is 11.7 Å². The molecule has 0 spiro atoms. The Labute approximate surface area is 155 Å². The molecule has 3 rings (SSSR count). The smallest absolute Gasteiger partial charge is 0.237 e. The van der Waals surface area contributed by atoms with Gasteiger partial charge >= 0.3 is 0 Å². The van der Waals surface area contributed by atoms with Crippen LogP contribution in [0.15, 0.2) is 60.0 Å². The molecule has 3 aromatic rings. The Kier molecular flexibility index (Phi) is 5.40. The van der Waals surface area contributed by atoms with Gasteiger partial charge in [-0.05, 0) is 37.3 Å². The number of aromatic nitrogens is 3. The lowest BCUT2D eigenvalue weighted by Gasteiger charge is -2.17. The lowest BCUT2D eigenvalue weighted by molar-refractivity contribution is -0.115. The van der Waals surface area contributed by atoms with Crippen LogP contribution >= 0.6 is 23.4 Å². The molecule has 2 aromatic carbocycles. The molecule has 0 N–H and O–H groups in total. The minimum Gasteiger partial charge on any atom is -0.315 e. The van der Waals surface area contributed by atoms with Crippen molar-refractivity contribution in [1.82, 2.24) is 14.8 Å². The van der Waals surface area contributed by atoms with Gasteiger partial charge < -0.3 is 4.90 Å². The summed E-state index contributed by atoms with van der Waals surface area (Å²) in [5.41, 5.74) is 2.89. The predicted molar refractivity (Wildman–Crippen MR) is 102 cm³/mol. The number of benzene rings is 2. The zero-order chi connectivity index (χ0) is 17.8. The number of carbonyl (C=O) groups is 1. The van der Waals surface area contributed by atoms with E-state index in [2.05, 4.69) is 10.2 Å². The van der Waals surface area contributed by atoms with E-state index in [0.29, 0.717) is 10.2 Å². The number of thioether (sulfide) groups is 1. The van der Waals surface area contributed by atoms with Gasteiger partial charge in [0.05, 0.1) is 11.4 Å². The maximum Gasteiger partial charge on any atom is 0.237 e. The number of nitrogens with zero attached hydrogens (tertiary/aromatic N) is 4. The van der Waals surface area contributed by atoms with Crippen molar-refractivity contribution in [2.24, 2.45) is 0 Å². The third-order valence-corrected chi connectivity index (χ3v) is 4.89. The first-order valence-electron chi connectivity index (χ1n) is 7.66. The van der Waals surface area contributed by atoms with Crippen LogP contribution in [0, 0.1) is 6.92 Å². The minimum atomic E-state index is -0.00510. The first-order valence-corrected chi connectivity index (χ1v) is 9.03. The maximum atomic E-state index is 12.5. The number of amides is 1. The average molecular weight is 373 g/mol. The Hall–Kier alpha value is -2.31. The van der Waals surface area contributed by atoms with Crippen LogP contribution in [0.1, 0.15) is 5.56 Å². The van der Waals surface area contributed by atoms with Crippen LogP contribution in [-0.2, 0) is 4.79 Å². The first kappa shape index (κ1) is 17.5. The van der Waals surface area contributed by atoms with E-state index in [1.54, 1.807) is 18.3 Å². The maximum absolute atomic E-state index is 12.5. The van der Waals surface area contributed by atoms with E-state index >= 15 is 0 Å². The van der Waals surface area contributed by atoms with Crippen LogP contribution < -0.4 is 4.90 Å². The summed E-state index contributed by atoms with van der Waals surface area (Å²) in [4.78, 5) is 14.1. The topological polar surface area (TPSA) is 51.0 Å². The average Bonchev–Trinajstić information content (AvgIpc) is 3.08. The van der Waals surface area contributed by atoms with E-state index < -0.39 is 0 Å². The lowest BCUT2D eigenvalue weighted by Crippen LogP contribution is -2.28. The zero-order valence-corrected chi connectivity index (χ0v) is 15.5. The van der Waals surface area contributed by atoms with Gasteiger partial charge in [-0.1, -0.05) is 47.1 Å². The molecular formula is C18H17ClN4OS. The van der Waals surface area contributed by atoms with Crippen LogP contribution in [0.3, 0.4) is 0 Å². The Morgan fingerprint density at radius 1 is 1.24 bits per heavy atom. The Morgan fingerprint density at radius 2 is 2.00 bits per heavy atom. The quantitative estimate of drug-likeness (QED) is 0.635. The van der Waals surface area contributed by atoms with Crippen LogP contribution in [0.2, 0.25) is 5.02 Å². The molecule has 0 atom stereocenters. The second-order valence-electron chi connectivity index (χ2n) is 5.54. The number of carbonyl (C=O) groups excluding carboxylic acids is 1. The first-order chi connectivity index (χ1) is 12.0. The summed E-state index contributed by atoms with van der Waals surface area (Å²) in [5, 5.41) is 9.33. The number of aryl methyl sites for hydroxylation is 1. The van der Waals surface area contributed by atoms with Crippen molar-refractivity contribution in [3.63, 3.8) is 0 Å². The van der Waals surface area contributed by atoms with Gasteiger partial charge in [-0.2, -0.15) is 0 Å². The Balaban J connectivity index is 1.69. The van der Waals surface area contributed by atoms with Gasteiger partial charge in [0.25, 0.3) is 0 Å². The number of rotatable bonds is 5. The Bertz CT molecular complexity index is 879. The fourth-order valence-electron chi connectivity index (χ4n) is 2.26. The molecule has 0 saturated heterocycles. The van der Waals surface area contributed by atoms with Crippen molar-refractivity contribution in [2.75, 3.05) is 17.7 Å². The van der Waals surface area contributed by atoms with Gasteiger partial charge in [0, 0.05) is 17.8 Å². The molecular weight excluding hydrogens is 356 g/mol. The molecule has 0 unspecified atom stereocenters. The monoisotopic (exact) mass is 372 g/mol. The third kappa shape index (κ3) is 4.21. The molecule has 0 radical (unpaired) electrons. The number of halogens is 1. The highest BCUT2D eigenvalue weighted by Crippen LogP contribution is 2.22. The molecule has 0 saturated carbocycles. The second kappa shape index (κ2) is 7.72. The van der Waals surface area contributed by atoms with Gasteiger partial charge in [0.1, 0.15) is 6.33 Å². The fourth-order valence-corrected chi connectivity index (χ4v) is 3.29. The highest BCUT2D eigenvalue weighted by Gasteiger charge is 2.14. The van der Waals surface area contributed by atoms with Crippen LogP contribution in [0.25, 0.3) is 5.69 Å². The van der Waals surface area contributed by atoms with Gasteiger partial charge in [0.15, 0.2) is 5.16 Å². The molecule has 0 aliphatic rings. The van der Waals surface area contributed by atoms with E-state index in [9.17, 15) is 4.79 Å². The summed E-state index contributed by atoms with van der Waals surface area (Å²) < 4.78 is 1.82. The number of hydrogen-bond donors (Lipinski definition) is 0. The molecule has 0 fully saturated rings. The van der Waals surface area contributed by atoms with Gasteiger partial charge in [-0.15, -0.1) is 10.2 Å². The van der Waals surface area contributed by atoms with Crippen LogP contribution in [-0.4, -0.2) is 33.5 Å². The standard InChI is InChI=1S/C18H17ClN4OS/c1-13-6-8-15(9-7-13)22(2)17(24)11-25-18-21-20-12-23(18)16-5-3-4-14(19)10-16/h3-10,12H,11H2,1-2H3. The van der Waals surface area contributed by atoms with Crippen LogP contribution in [0.5, 0.6) is 0 Å². The molecule has 0 aliphatic heterocycles. The normalized spacial score (nSPS) is 10.7. The van der Waals surface area contributed by atoms with Gasteiger partial charge in [-0.3, -0.25) is 9.36 Å². The van der Waals surface area contributed by atoms with E-state index in [1.807, 2.05) is 60.0 Å². The molecule has 0 aliphatic carbocycles. The largest absolute Gasteiger partial charge is 0.315 e. The molecule has 128 valence electrons. The molecule has 1 amide bonds. The van der Waals surface area contributed by atoms with Crippen molar-refractivity contribution in [1.29, 1.82) is 0 Å². The molecule has 5 nitrogen and oxygen atoms in total. The SMILES string of the molecule is Cc1ccc(N(C)C(=O)CSc2nncn2-c2cccc(Cl)c2)cc1. The second-order valence-corrected chi connectivity index (χ2v) is 6.92. The third-order valence-electron chi connectivity index (χ3n) is 3.72. The summed E-state index contributed by atoms with van der Waals surface area (Å²) >= 11 is 7.38. The molecule has 1 aromatic heterocycles. The minimum absolute atomic E-state index is 0.00510. The van der Waals surface area contributed by atoms with Crippen molar-refractivity contribution in [2.45, 2.75) is 12.1 Å². The van der Waals surface area contributed by atoms with Crippen molar-refractivity contribution < 1.29 is 4.79 Å². The Morgan fingerprint density at radius 3 is 2.72 bits per heavy atom. The summed E-state index contributed by atoms with van der Waals surface area (Å²) in [6, 6.07) is 15.3.